The third-order valence-electron chi connectivity index (χ3n) is 4.49. The Bertz CT molecular complexity index is 829. The van der Waals surface area contributed by atoms with E-state index in [2.05, 4.69) is 22.1 Å². The third-order valence-corrected chi connectivity index (χ3v) is 5.25. The Labute approximate surface area is 150 Å². The number of piperidine rings is 1. The summed E-state index contributed by atoms with van der Waals surface area (Å²) in [5.74, 6) is 1.83. The molecule has 0 N–H and O–H groups in total. The summed E-state index contributed by atoms with van der Waals surface area (Å²) in [6.45, 7) is 1.44. The molecule has 0 unspecified atom stereocenters. The van der Waals surface area contributed by atoms with Crippen LogP contribution in [0.5, 0.6) is 0 Å². The molecule has 0 aliphatic carbocycles. The smallest absolute Gasteiger partial charge is 0.265 e. The van der Waals surface area contributed by atoms with Crippen molar-refractivity contribution in [1.82, 2.24) is 14.9 Å². The van der Waals surface area contributed by atoms with Crippen molar-refractivity contribution < 1.29 is 9.21 Å². The Morgan fingerprint density at radius 3 is 2.96 bits per heavy atom. The van der Waals surface area contributed by atoms with Crippen molar-refractivity contribution in [2.45, 2.75) is 25.2 Å². The summed E-state index contributed by atoms with van der Waals surface area (Å²) >= 11 is 1.39. The predicted octanol–water partition coefficient (Wildman–Crippen LogP) is 3.74. The number of aromatic nitrogens is 2. The van der Waals surface area contributed by atoms with Crippen molar-refractivity contribution in [3.8, 4) is 0 Å². The van der Waals surface area contributed by atoms with Crippen LogP contribution in [-0.2, 0) is 6.42 Å². The summed E-state index contributed by atoms with van der Waals surface area (Å²) in [5, 5.41) is 0. The summed E-state index contributed by atoms with van der Waals surface area (Å²) in [6, 6.07) is 10.2. The van der Waals surface area contributed by atoms with Gasteiger partial charge in [-0.2, -0.15) is 0 Å². The second-order valence-corrected chi connectivity index (χ2v) is 7.17. The van der Waals surface area contributed by atoms with Crippen LogP contribution in [0.1, 0.15) is 45.6 Å². The maximum absolute atomic E-state index is 12.5. The standard InChI is InChI=1S/C19H19N3O2S/c23-19(17-11-20-13-25-17)22-8-4-7-15(12-22)18-21-10-16(24-18)9-14-5-2-1-3-6-14/h1-3,5-6,10-11,13,15H,4,7-9,12H2/t15-/m1/s1. The highest BCUT2D eigenvalue weighted by Crippen LogP contribution is 2.28. The summed E-state index contributed by atoms with van der Waals surface area (Å²) in [4.78, 5) is 23.6. The second kappa shape index (κ2) is 7.19. The average molecular weight is 353 g/mol. The van der Waals surface area contributed by atoms with Gasteiger partial charge in [-0.25, -0.2) is 4.98 Å². The lowest BCUT2D eigenvalue weighted by Crippen LogP contribution is -2.38. The van der Waals surface area contributed by atoms with Crippen LogP contribution in [0, 0.1) is 0 Å². The summed E-state index contributed by atoms with van der Waals surface area (Å²) in [7, 11) is 0. The summed E-state index contributed by atoms with van der Waals surface area (Å²) in [6.07, 6.45) is 6.15. The zero-order valence-electron chi connectivity index (χ0n) is 13.8. The highest BCUT2D eigenvalue weighted by Gasteiger charge is 2.28. The van der Waals surface area contributed by atoms with E-state index >= 15 is 0 Å². The first-order valence-electron chi connectivity index (χ1n) is 8.46. The van der Waals surface area contributed by atoms with E-state index in [-0.39, 0.29) is 11.8 Å². The average Bonchev–Trinajstić information content (AvgIpc) is 3.34. The fourth-order valence-electron chi connectivity index (χ4n) is 3.23. The van der Waals surface area contributed by atoms with Crippen molar-refractivity contribution in [2.75, 3.05) is 13.1 Å². The number of amides is 1. The van der Waals surface area contributed by atoms with Gasteiger partial charge in [0.05, 0.1) is 23.8 Å². The lowest BCUT2D eigenvalue weighted by molar-refractivity contribution is 0.0702. The molecule has 1 atom stereocenters. The molecule has 4 rings (SSSR count). The first kappa shape index (κ1) is 16.0. The van der Waals surface area contributed by atoms with Gasteiger partial charge in [-0.05, 0) is 18.4 Å². The minimum atomic E-state index is 0.0586. The molecule has 5 nitrogen and oxygen atoms in total. The van der Waals surface area contributed by atoms with Gasteiger partial charge in [0.25, 0.3) is 5.91 Å². The number of nitrogens with zero attached hydrogens (tertiary/aromatic N) is 3. The monoisotopic (exact) mass is 353 g/mol. The minimum absolute atomic E-state index is 0.0586. The van der Waals surface area contributed by atoms with Gasteiger partial charge in [0.1, 0.15) is 10.6 Å². The van der Waals surface area contributed by atoms with Gasteiger partial charge < -0.3 is 9.32 Å². The highest BCUT2D eigenvalue weighted by atomic mass is 32.1. The Morgan fingerprint density at radius 1 is 1.28 bits per heavy atom. The molecular formula is C19H19N3O2S. The normalized spacial score (nSPS) is 17.6. The van der Waals surface area contributed by atoms with Gasteiger partial charge in [-0.3, -0.25) is 9.78 Å². The van der Waals surface area contributed by atoms with E-state index in [4.69, 9.17) is 4.42 Å². The van der Waals surface area contributed by atoms with Gasteiger partial charge in [-0.15, -0.1) is 11.3 Å². The molecular weight excluding hydrogens is 334 g/mol. The van der Waals surface area contributed by atoms with Crippen LogP contribution in [0.15, 0.2) is 52.7 Å². The van der Waals surface area contributed by atoms with Crippen molar-refractivity contribution in [3.05, 3.63) is 70.3 Å². The second-order valence-electron chi connectivity index (χ2n) is 6.28. The van der Waals surface area contributed by atoms with Gasteiger partial charge in [0.15, 0.2) is 5.89 Å². The van der Waals surface area contributed by atoms with E-state index in [0.29, 0.717) is 11.4 Å². The van der Waals surface area contributed by atoms with E-state index in [1.807, 2.05) is 29.3 Å². The third kappa shape index (κ3) is 3.64. The van der Waals surface area contributed by atoms with Gasteiger partial charge in [-0.1, -0.05) is 30.3 Å². The van der Waals surface area contributed by atoms with Gasteiger partial charge in [0.2, 0.25) is 0 Å². The molecule has 6 heteroatoms. The SMILES string of the molecule is O=C(c1cncs1)N1CCC[C@@H](c2ncc(Cc3ccccc3)o2)C1. The van der Waals surface area contributed by atoms with E-state index in [1.165, 1.54) is 16.9 Å². The zero-order valence-corrected chi connectivity index (χ0v) is 14.6. The number of rotatable bonds is 4. The van der Waals surface area contributed by atoms with Crippen LogP contribution in [0.2, 0.25) is 0 Å². The van der Waals surface area contributed by atoms with Gasteiger partial charge in [0, 0.05) is 19.5 Å². The van der Waals surface area contributed by atoms with Crippen LogP contribution < -0.4 is 0 Å². The zero-order chi connectivity index (χ0) is 17.1. The van der Waals surface area contributed by atoms with Crippen molar-refractivity contribution in [1.29, 1.82) is 0 Å². The summed E-state index contributed by atoms with van der Waals surface area (Å²) in [5.41, 5.74) is 2.90. The Kier molecular flexibility index (Phi) is 4.61. The molecule has 1 aromatic carbocycles. The highest BCUT2D eigenvalue weighted by molar-refractivity contribution is 7.11. The van der Waals surface area contributed by atoms with Crippen molar-refractivity contribution in [3.63, 3.8) is 0 Å². The molecule has 0 spiro atoms. The first-order valence-corrected chi connectivity index (χ1v) is 9.34. The molecule has 0 bridgehead atoms. The van der Waals surface area contributed by atoms with E-state index in [0.717, 1.165) is 37.5 Å². The molecule has 2 aromatic heterocycles. The van der Waals surface area contributed by atoms with Crippen LogP contribution in [0.3, 0.4) is 0 Å². The number of benzene rings is 1. The first-order chi connectivity index (χ1) is 12.3. The number of thiazole rings is 1. The number of oxazole rings is 1. The molecule has 0 saturated carbocycles. The van der Waals surface area contributed by atoms with Crippen LogP contribution in [-0.4, -0.2) is 33.9 Å². The van der Waals surface area contributed by atoms with E-state index in [9.17, 15) is 4.79 Å². The number of hydrogen-bond acceptors (Lipinski definition) is 5. The topological polar surface area (TPSA) is 59.2 Å². The van der Waals surface area contributed by atoms with Crippen LogP contribution in [0.25, 0.3) is 0 Å². The fraction of sp³-hybridized carbons (Fsp3) is 0.316. The maximum Gasteiger partial charge on any atom is 0.265 e. The molecule has 1 amide bonds. The number of carbonyl (C=O) groups is 1. The predicted molar refractivity (Wildman–Crippen MR) is 95.7 cm³/mol. The maximum atomic E-state index is 12.5. The number of hydrogen-bond donors (Lipinski definition) is 0. The molecule has 3 aromatic rings. The van der Waals surface area contributed by atoms with Gasteiger partial charge >= 0.3 is 0 Å². The Hall–Kier alpha value is -2.47. The molecule has 25 heavy (non-hydrogen) atoms. The molecule has 1 aliphatic rings. The lowest BCUT2D eigenvalue weighted by atomic mass is 9.98. The lowest BCUT2D eigenvalue weighted by Gasteiger charge is -2.30. The molecule has 0 radical (unpaired) electrons. The Morgan fingerprint density at radius 2 is 2.16 bits per heavy atom. The molecule has 1 fully saturated rings. The molecule has 128 valence electrons. The van der Waals surface area contributed by atoms with E-state index in [1.54, 1.807) is 11.7 Å². The van der Waals surface area contributed by atoms with E-state index < -0.39 is 0 Å². The van der Waals surface area contributed by atoms with Crippen LogP contribution in [0.4, 0.5) is 0 Å². The van der Waals surface area contributed by atoms with Crippen molar-refractivity contribution in [2.24, 2.45) is 0 Å². The largest absolute Gasteiger partial charge is 0.445 e. The fourth-order valence-corrected chi connectivity index (χ4v) is 3.82. The quantitative estimate of drug-likeness (QED) is 0.717. The molecule has 1 aliphatic heterocycles. The van der Waals surface area contributed by atoms with Crippen LogP contribution >= 0.6 is 11.3 Å². The van der Waals surface area contributed by atoms with Crippen molar-refractivity contribution >= 4 is 17.2 Å². The summed E-state index contributed by atoms with van der Waals surface area (Å²) < 4.78 is 5.99. The molecule has 3 heterocycles. The number of carbonyl (C=O) groups excluding carboxylic acids is 1. The molecule has 1 saturated heterocycles. The Balaban J connectivity index is 1.44. The minimum Gasteiger partial charge on any atom is -0.445 e. The number of likely N-dealkylation sites (tertiary alicyclic amines) is 1.